The van der Waals surface area contributed by atoms with Crippen molar-refractivity contribution < 1.29 is 17.9 Å². The molecule has 0 spiro atoms. The molecule has 0 radical (unpaired) electrons. The third kappa shape index (κ3) is 4.84. The molecule has 2 heterocycles. The van der Waals surface area contributed by atoms with E-state index in [1.807, 2.05) is 24.3 Å². The van der Waals surface area contributed by atoms with Crippen molar-refractivity contribution in [1.82, 2.24) is 9.97 Å². The zero-order valence-electron chi connectivity index (χ0n) is 15.6. The highest BCUT2D eigenvalue weighted by Gasteiger charge is 2.33. The van der Waals surface area contributed by atoms with Crippen LogP contribution in [0, 0.1) is 11.3 Å². The van der Waals surface area contributed by atoms with Crippen LogP contribution in [-0.2, 0) is 6.18 Å². The lowest BCUT2D eigenvalue weighted by Crippen LogP contribution is -2.05. The molecule has 0 aliphatic rings. The van der Waals surface area contributed by atoms with Gasteiger partial charge < -0.3 is 10.1 Å². The minimum Gasteiger partial charge on any atom is -0.437 e. The summed E-state index contributed by atoms with van der Waals surface area (Å²) in [4.78, 5) is 7.73. The number of para-hydroxylation sites is 1. The minimum absolute atomic E-state index is 0.0225. The van der Waals surface area contributed by atoms with Gasteiger partial charge in [0, 0.05) is 11.6 Å². The third-order valence-electron chi connectivity index (χ3n) is 4.29. The first-order valence-corrected chi connectivity index (χ1v) is 9.66. The van der Waals surface area contributed by atoms with Crippen LogP contribution in [0.4, 0.5) is 24.0 Å². The molecule has 0 aliphatic carbocycles. The van der Waals surface area contributed by atoms with Crippen LogP contribution in [0.5, 0.6) is 11.6 Å². The summed E-state index contributed by atoms with van der Waals surface area (Å²) in [5, 5.41) is 12.9. The molecule has 0 saturated carbocycles. The summed E-state index contributed by atoms with van der Waals surface area (Å²) in [6.45, 7) is 4.14. The first kappa shape index (κ1) is 20.6. The molecule has 9 heteroatoms. The van der Waals surface area contributed by atoms with Crippen LogP contribution in [0.1, 0.15) is 43.0 Å². The Morgan fingerprint density at radius 2 is 2.07 bits per heavy atom. The van der Waals surface area contributed by atoms with E-state index in [0.29, 0.717) is 5.75 Å². The Kier molecular flexibility index (Phi) is 6.03. The highest BCUT2D eigenvalue weighted by atomic mass is 32.1. The molecule has 0 fully saturated rings. The molecule has 1 N–H and O–H groups in total. The van der Waals surface area contributed by atoms with Crippen LogP contribution in [0.15, 0.2) is 41.9 Å². The van der Waals surface area contributed by atoms with E-state index in [0.717, 1.165) is 28.7 Å². The second kappa shape index (κ2) is 8.49. The van der Waals surface area contributed by atoms with E-state index < -0.39 is 11.9 Å². The maximum absolute atomic E-state index is 12.8. The van der Waals surface area contributed by atoms with E-state index in [1.165, 1.54) is 12.3 Å². The van der Waals surface area contributed by atoms with E-state index in [1.54, 1.807) is 6.07 Å². The standard InChI is InChI=1S/C20H17F3N4OS/c1-3-12(2)14-6-4-5-7-16(14)28-18-15(8-13(9-24)10-25-18)26-19-27-17(11-29-19)20(21,22)23/h4-8,10-12H,3H2,1-2H3,(H,26,27). The third-order valence-corrected chi connectivity index (χ3v) is 5.04. The number of nitrogens with zero attached hydrogens (tertiary/aromatic N) is 3. The lowest BCUT2D eigenvalue weighted by Gasteiger charge is -2.16. The summed E-state index contributed by atoms with van der Waals surface area (Å²) in [5.74, 6) is 0.982. The smallest absolute Gasteiger partial charge is 0.434 e. The van der Waals surface area contributed by atoms with Gasteiger partial charge >= 0.3 is 6.18 Å². The Bertz CT molecular complexity index is 1040. The van der Waals surface area contributed by atoms with Gasteiger partial charge in [-0.2, -0.15) is 18.4 Å². The van der Waals surface area contributed by atoms with Crippen LogP contribution in [-0.4, -0.2) is 9.97 Å². The number of hydrogen-bond donors (Lipinski definition) is 1. The number of nitrogens with one attached hydrogen (secondary N) is 1. The normalized spacial score (nSPS) is 12.3. The quantitative estimate of drug-likeness (QED) is 0.496. The first-order valence-electron chi connectivity index (χ1n) is 8.78. The first-order chi connectivity index (χ1) is 13.8. The van der Waals surface area contributed by atoms with Crippen LogP contribution >= 0.6 is 11.3 Å². The lowest BCUT2D eigenvalue weighted by atomic mass is 9.98. The summed E-state index contributed by atoms with van der Waals surface area (Å²) in [6, 6.07) is 10.9. The van der Waals surface area contributed by atoms with Crippen molar-refractivity contribution in [2.45, 2.75) is 32.4 Å². The van der Waals surface area contributed by atoms with Crippen molar-refractivity contribution in [1.29, 1.82) is 5.26 Å². The van der Waals surface area contributed by atoms with Crippen molar-refractivity contribution in [3.63, 3.8) is 0 Å². The number of aromatic nitrogens is 2. The summed E-state index contributed by atoms with van der Waals surface area (Å²) >= 11 is 0.803. The molecule has 3 aromatic rings. The fourth-order valence-corrected chi connectivity index (χ4v) is 3.29. The Balaban J connectivity index is 1.95. The number of anilines is 2. The van der Waals surface area contributed by atoms with Crippen molar-refractivity contribution in [3.05, 3.63) is 58.7 Å². The number of rotatable bonds is 6. The number of nitriles is 1. The molecule has 29 heavy (non-hydrogen) atoms. The average Bonchev–Trinajstić information content (AvgIpc) is 3.18. The Morgan fingerprint density at radius 1 is 1.31 bits per heavy atom. The fraction of sp³-hybridized carbons (Fsp3) is 0.250. The highest BCUT2D eigenvalue weighted by Crippen LogP contribution is 2.37. The van der Waals surface area contributed by atoms with Gasteiger partial charge in [-0.05, 0) is 30.0 Å². The molecular formula is C20H17F3N4OS. The van der Waals surface area contributed by atoms with Crippen LogP contribution in [0.2, 0.25) is 0 Å². The molecule has 1 unspecified atom stereocenters. The number of ether oxygens (including phenoxy) is 1. The van der Waals surface area contributed by atoms with Gasteiger partial charge in [0.1, 0.15) is 17.5 Å². The predicted molar refractivity (Wildman–Crippen MR) is 105 cm³/mol. The van der Waals surface area contributed by atoms with Crippen molar-refractivity contribution in [2.24, 2.45) is 0 Å². The van der Waals surface area contributed by atoms with Gasteiger partial charge in [0.25, 0.3) is 0 Å². The summed E-state index contributed by atoms with van der Waals surface area (Å²) in [6.07, 6.45) is -2.28. The van der Waals surface area contributed by atoms with Gasteiger partial charge in [-0.15, -0.1) is 11.3 Å². The zero-order valence-corrected chi connectivity index (χ0v) is 16.4. The van der Waals surface area contributed by atoms with Gasteiger partial charge in [0.2, 0.25) is 5.88 Å². The minimum atomic E-state index is -4.53. The number of alkyl halides is 3. The molecule has 2 aromatic heterocycles. The van der Waals surface area contributed by atoms with Gasteiger partial charge in [-0.3, -0.25) is 0 Å². The molecule has 0 aliphatic heterocycles. The predicted octanol–water partition coefficient (Wildman–Crippen LogP) is 6.48. The summed E-state index contributed by atoms with van der Waals surface area (Å²) < 4.78 is 44.4. The van der Waals surface area contributed by atoms with Crippen molar-refractivity contribution in [2.75, 3.05) is 5.32 Å². The average molecular weight is 418 g/mol. The topological polar surface area (TPSA) is 70.8 Å². The van der Waals surface area contributed by atoms with Crippen molar-refractivity contribution >= 4 is 22.2 Å². The van der Waals surface area contributed by atoms with E-state index in [4.69, 9.17) is 10.00 Å². The second-order valence-electron chi connectivity index (χ2n) is 6.30. The van der Waals surface area contributed by atoms with Crippen LogP contribution in [0.3, 0.4) is 0 Å². The van der Waals surface area contributed by atoms with E-state index in [-0.39, 0.29) is 28.2 Å². The maximum Gasteiger partial charge on any atom is 0.434 e. The fourth-order valence-electron chi connectivity index (χ4n) is 2.57. The number of halogens is 3. The van der Waals surface area contributed by atoms with Gasteiger partial charge in [0.05, 0.1) is 5.56 Å². The molecule has 1 atom stereocenters. The largest absolute Gasteiger partial charge is 0.437 e. The summed E-state index contributed by atoms with van der Waals surface area (Å²) in [7, 11) is 0. The maximum atomic E-state index is 12.8. The molecular weight excluding hydrogens is 401 g/mol. The summed E-state index contributed by atoms with van der Waals surface area (Å²) in [5.41, 5.74) is 0.494. The highest BCUT2D eigenvalue weighted by molar-refractivity contribution is 7.13. The Labute approximate surface area is 169 Å². The number of benzene rings is 1. The monoisotopic (exact) mass is 418 g/mol. The van der Waals surface area contributed by atoms with E-state index in [9.17, 15) is 13.2 Å². The number of hydrogen-bond acceptors (Lipinski definition) is 6. The Hall–Kier alpha value is -3.12. The lowest BCUT2D eigenvalue weighted by molar-refractivity contribution is -0.140. The van der Waals surface area contributed by atoms with Crippen molar-refractivity contribution in [3.8, 4) is 17.7 Å². The molecule has 0 bridgehead atoms. The van der Waals surface area contributed by atoms with E-state index >= 15 is 0 Å². The molecule has 5 nitrogen and oxygen atoms in total. The number of pyridine rings is 1. The SMILES string of the molecule is CCC(C)c1ccccc1Oc1ncc(C#N)cc1Nc1nc(C(F)(F)F)cs1. The molecule has 3 rings (SSSR count). The van der Waals surface area contributed by atoms with Gasteiger partial charge in [0.15, 0.2) is 10.8 Å². The number of thiazole rings is 1. The van der Waals surface area contributed by atoms with Gasteiger partial charge in [-0.25, -0.2) is 9.97 Å². The van der Waals surface area contributed by atoms with E-state index in [2.05, 4.69) is 29.1 Å². The Morgan fingerprint density at radius 3 is 2.72 bits per heavy atom. The molecule has 1 aromatic carbocycles. The molecule has 150 valence electrons. The second-order valence-corrected chi connectivity index (χ2v) is 7.16. The van der Waals surface area contributed by atoms with Crippen LogP contribution in [0.25, 0.3) is 0 Å². The van der Waals surface area contributed by atoms with Crippen LogP contribution < -0.4 is 10.1 Å². The molecule has 0 amide bonds. The zero-order chi connectivity index (χ0) is 21.0. The molecule has 0 saturated heterocycles. The van der Waals surface area contributed by atoms with Gasteiger partial charge in [-0.1, -0.05) is 32.0 Å².